The third kappa shape index (κ3) is 4.35. The molecule has 0 bridgehead atoms. The lowest BCUT2D eigenvalue weighted by Crippen LogP contribution is -2.55. The third-order valence-corrected chi connectivity index (χ3v) is 4.66. The van der Waals surface area contributed by atoms with Crippen molar-refractivity contribution in [1.82, 2.24) is 14.7 Å². The van der Waals surface area contributed by atoms with E-state index in [1.807, 2.05) is 18.7 Å². The minimum absolute atomic E-state index is 0.0950. The van der Waals surface area contributed by atoms with Crippen LogP contribution < -0.4 is 0 Å². The number of rotatable bonds is 3. The molecule has 22 heavy (non-hydrogen) atoms. The molecule has 0 aromatic heterocycles. The normalized spacial score (nSPS) is 22.1. The number of hydrogen-bond donors (Lipinski definition) is 0. The molecule has 0 N–H and O–H groups in total. The molecule has 2 fully saturated rings. The van der Waals surface area contributed by atoms with Crippen LogP contribution in [0.15, 0.2) is 0 Å². The fourth-order valence-electron chi connectivity index (χ4n) is 3.22. The summed E-state index contributed by atoms with van der Waals surface area (Å²) in [6.07, 6.45) is 4.46. The van der Waals surface area contributed by atoms with Crippen LogP contribution in [0.1, 0.15) is 39.5 Å². The lowest BCUT2D eigenvalue weighted by molar-refractivity contribution is -0.137. The molecule has 0 aromatic carbocycles. The van der Waals surface area contributed by atoms with Crippen LogP contribution in [0.25, 0.3) is 0 Å². The number of nitrogens with zero attached hydrogens (tertiary/aromatic N) is 3. The van der Waals surface area contributed by atoms with E-state index in [-0.39, 0.29) is 18.0 Å². The summed E-state index contributed by atoms with van der Waals surface area (Å²) in [6, 6.07) is -0.0950. The summed E-state index contributed by atoms with van der Waals surface area (Å²) < 4.78 is 5.03. The van der Waals surface area contributed by atoms with Crippen molar-refractivity contribution in [1.29, 1.82) is 0 Å². The lowest BCUT2D eigenvalue weighted by Gasteiger charge is -2.38. The minimum Gasteiger partial charge on any atom is -0.450 e. The summed E-state index contributed by atoms with van der Waals surface area (Å²) in [5.41, 5.74) is 0. The zero-order chi connectivity index (χ0) is 15.9. The first-order chi connectivity index (χ1) is 10.6. The maximum absolute atomic E-state index is 12.6. The number of carbonyl (C=O) groups is 2. The molecular formula is C16H29N3O3. The number of likely N-dealkylation sites (tertiary alicyclic amines) is 1. The molecule has 0 aliphatic carbocycles. The quantitative estimate of drug-likeness (QED) is 0.793. The Kier molecular flexibility index (Phi) is 6.49. The first kappa shape index (κ1) is 17.1. The van der Waals surface area contributed by atoms with Crippen LogP contribution in [0.4, 0.5) is 4.79 Å². The van der Waals surface area contributed by atoms with Gasteiger partial charge in [0.15, 0.2) is 0 Å². The highest BCUT2D eigenvalue weighted by Crippen LogP contribution is 2.14. The fourth-order valence-corrected chi connectivity index (χ4v) is 3.22. The smallest absolute Gasteiger partial charge is 0.409 e. The average Bonchev–Trinajstić information content (AvgIpc) is 2.83. The number of hydrogen-bond acceptors (Lipinski definition) is 4. The third-order valence-electron chi connectivity index (χ3n) is 4.66. The Morgan fingerprint density at radius 2 is 1.50 bits per heavy atom. The van der Waals surface area contributed by atoms with Crippen molar-refractivity contribution < 1.29 is 14.3 Å². The molecule has 2 aliphatic heterocycles. The number of piperazine rings is 1. The standard InChI is InChI=1S/C16H29N3O3/c1-3-22-16(21)19-12-10-17(11-13-19)14(2)15(20)18-8-6-4-5-7-9-18/h14H,3-13H2,1-2H3. The van der Waals surface area contributed by atoms with Gasteiger partial charge in [0.05, 0.1) is 12.6 Å². The summed E-state index contributed by atoms with van der Waals surface area (Å²) in [6.45, 7) is 8.75. The van der Waals surface area contributed by atoms with Crippen molar-refractivity contribution in [3.63, 3.8) is 0 Å². The van der Waals surface area contributed by atoms with Gasteiger partial charge in [0.2, 0.25) is 5.91 Å². The van der Waals surface area contributed by atoms with E-state index < -0.39 is 0 Å². The highest BCUT2D eigenvalue weighted by molar-refractivity contribution is 5.81. The first-order valence-corrected chi connectivity index (χ1v) is 8.58. The van der Waals surface area contributed by atoms with Gasteiger partial charge >= 0.3 is 6.09 Å². The average molecular weight is 311 g/mol. The Balaban J connectivity index is 1.82. The van der Waals surface area contributed by atoms with Crippen LogP contribution in [0.2, 0.25) is 0 Å². The maximum Gasteiger partial charge on any atom is 0.409 e. The highest BCUT2D eigenvalue weighted by atomic mass is 16.6. The van der Waals surface area contributed by atoms with Crippen LogP contribution >= 0.6 is 0 Å². The predicted molar refractivity (Wildman–Crippen MR) is 84.7 cm³/mol. The summed E-state index contributed by atoms with van der Waals surface area (Å²) in [4.78, 5) is 30.3. The largest absolute Gasteiger partial charge is 0.450 e. The Morgan fingerprint density at radius 1 is 0.909 bits per heavy atom. The zero-order valence-corrected chi connectivity index (χ0v) is 13.9. The van der Waals surface area contributed by atoms with E-state index in [0.29, 0.717) is 19.7 Å². The monoisotopic (exact) mass is 311 g/mol. The summed E-state index contributed by atoms with van der Waals surface area (Å²) in [5.74, 6) is 0.242. The van der Waals surface area contributed by atoms with E-state index >= 15 is 0 Å². The van der Waals surface area contributed by atoms with Crippen LogP contribution in [-0.2, 0) is 9.53 Å². The molecule has 6 heteroatoms. The second kappa shape index (κ2) is 8.36. The molecule has 2 rings (SSSR count). The van der Waals surface area contributed by atoms with Crippen molar-refractivity contribution in [2.24, 2.45) is 0 Å². The van der Waals surface area contributed by atoms with Gasteiger partial charge in [0.1, 0.15) is 0 Å². The van der Waals surface area contributed by atoms with Gasteiger partial charge in [-0.05, 0) is 26.7 Å². The summed E-state index contributed by atoms with van der Waals surface area (Å²) in [7, 11) is 0. The summed E-state index contributed by atoms with van der Waals surface area (Å²) >= 11 is 0. The van der Waals surface area contributed by atoms with Crippen LogP contribution in [-0.4, -0.2) is 78.6 Å². The van der Waals surface area contributed by atoms with Crippen molar-refractivity contribution in [2.75, 3.05) is 45.9 Å². The van der Waals surface area contributed by atoms with Crippen molar-refractivity contribution in [3.05, 3.63) is 0 Å². The molecule has 2 aliphatic rings. The van der Waals surface area contributed by atoms with Crippen LogP contribution in [0.3, 0.4) is 0 Å². The van der Waals surface area contributed by atoms with Crippen molar-refractivity contribution in [3.8, 4) is 0 Å². The topological polar surface area (TPSA) is 53.1 Å². The Labute approximate surface area is 133 Å². The molecule has 1 unspecified atom stereocenters. The lowest BCUT2D eigenvalue weighted by atomic mass is 10.2. The Hall–Kier alpha value is -1.30. The van der Waals surface area contributed by atoms with Gasteiger partial charge in [0.25, 0.3) is 0 Å². The highest BCUT2D eigenvalue weighted by Gasteiger charge is 2.30. The molecule has 2 amide bonds. The molecule has 6 nitrogen and oxygen atoms in total. The van der Waals surface area contributed by atoms with Crippen LogP contribution in [0.5, 0.6) is 0 Å². The number of carbonyl (C=O) groups excluding carboxylic acids is 2. The maximum atomic E-state index is 12.6. The van der Waals surface area contributed by atoms with E-state index in [1.54, 1.807) is 4.90 Å². The SMILES string of the molecule is CCOC(=O)N1CCN(C(C)C(=O)N2CCCCCC2)CC1. The number of ether oxygens (including phenoxy) is 1. The Bertz CT molecular complexity index is 373. The summed E-state index contributed by atoms with van der Waals surface area (Å²) in [5, 5.41) is 0. The van der Waals surface area contributed by atoms with E-state index in [9.17, 15) is 9.59 Å². The molecule has 126 valence electrons. The van der Waals surface area contributed by atoms with Gasteiger partial charge in [-0.1, -0.05) is 12.8 Å². The minimum atomic E-state index is -0.242. The molecular weight excluding hydrogens is 282 g/mol. The number of amides is 2. The van der Waals surface area contributed by atoms with E-state index in [0.717, 1.165) is 39.0 Å². The first-order valence-electron chi connectivity index (χ1n) is 8.58. The van der Waals surface area contributed by atoms with E-state index in [2.05, 4.69) is 4.90 Å². The molecule has 0 radical (unpaired) electrons. The zero-order valence-electron chi connectivity index (χ0n) is 13.9. The second-order valence-electron chi connectivity index (χ2n) is 6.14. The Morgan fingerprint density at radius 3 is 2.05 bits per heavy atom. The van der Waals surface area contributed by atoms with Crippen molar-refractivity contribution in [2.45, 2.75) is 45.6 Å². The van der Waals surface area contributed by atoms with Gasteiger partial charge in [-0.3, -0.25) is 9.69 Å². The van der Waals surface area contributed by atoms with Gasteiger partial charge in [0, 0.05) is 39.3 Å². The van der Waals surface area contributed by atoms with Gasteiger partial charge in [-0.25, -0.2) is 4.79 Å². The van der Waals surface area contributed by atoms with Gasteiger partial charge in [-0.15, -0.1) is 0 Å². The molecule has 1 atom stereocenters. The van der Waals surface area contributed by atoms with E-state index in [1.165, 1.54) is 12.8 Å². The van der Waals surface area contributed by atoms with Gasteiger partial charge < -0.3 is 14.5 Å². The second-order valence-corrected chi connectivity index (χ2v) is 6.14. The molecule has 2 heterocycles. The van der Waals surface area contributed by atoms with E-state index in [4.69, 9.17) is 4.74 Å². The fraction of sp³-hybridized carbons (Fsp3) is 0.875. The van der Waals surface area contributed by atoms with Crippen molar-refractivity contribution >= 4 is 12.0 Å². The van der Waals surface area contributed by atoms with Gasteiger partial charge in [-0.2, -0.15) is 0 Å². The molecule has 0 aromatic rings. The van der Waals surface area contributed by atoms with Crippen LogP contribution in [0, 0.1) is 0 Å². The molecule has 0 spiro atoms. The molecule has 0 saturated carbocycles. The molecule has 2 saturated heterocycles. The predicted octanol–water partition coefficient (Wildman–Crippen LogP) is 1.55.